The molecule has 2 aromatic rings. The Balaban J connectivity index is 0.00000161. The van der Waals surface area contributed by atoms with Gasteiger partial charge in [0, 0.05) is 13.1 Å². The number of hydrogen-bond donors (Lipinski definition) is 1. The van der Waals surface area contributed by atoms with Gasteiger partial charge in [-0.15, -0.1) is 24.0 Å². The molecule has 1 aromatic carbocycles. The monoisotopic (exact) mass is 398 g/mol. The van der Waals surface area contributed by atoms with Gasteiger partial charge in [-0.25, -0.2) is 0 Å². The lowest BCUT2D eigenvalue weighted by Crippen LogP contribution is -2.36. The summed E-state index contributed by atoms with van der Waals surface area (Å²) < 4.78 is 5.08. The number of nitrogens with one attached hydrogen (secondary N) is 1. The average molecular weight is 398 g/mol. The molecule has 0 fully saturated rings. The van der Waals surface area contributed by atoms with Crippen LogP contribution in [0, 0.1) is 6.92 Å². The highest BCUT2D eigenvalue weighted by Gasteiger charge is 2.21. The number of guanidine groups is 1. The van der Waals surface area contributed by atoms with Crippen molar-refractivity contribution in [2.24, 2.45) is 4.99 Å². The van der Waals surface area contributed by atoms with Crippen LogP contribution in [0.1, 0.15) is 23.1 Å². The highest BCUT2D eigenvalue weighted by Crippen LogP contribution is 2.18. The fourth-order valence-electron chi connectivity index (χ4n) is 2.34. The first-order chi connectivity index (χ1) is 9.72. The van der Waals surface area contributed by atoms with Crippen LogP contribution in [-0.2, 0) is 6.54 Å². The topological polar surface area (TPSA) is 53.7 Å². The standard InChI is InChI=1S/C15H18N4O.HI/c1-11-8-13(18-20-11)10-19(2)15-16-9-14(17-15)12-6-4-3-5-7-12;/h3-8,14H,9-10H2,1-2H3,(H,16,17);1H. The van der Waals surface area contributed by atoms with E-state index in [4.69, 9.17) is 4.52 Å². The first kappa shape index (κ1) is 15.8. The second-order valence-electron chi connectivity index (χ2n) is 5.06. The summed E-state index contributed by atoms with van der Waals surface area (Å²) in [6, 6.07) is 12.6. The summed E-state index contributed by atoms with van der Waals surface area (Å²) in [6.45, 7) is 3.35. The number of nitrogens with zero attached hydrogens (tertiary/aromatic N) is 3. The molecule has 3 rings (SSSR count). The number of aromatic nitrogens is 1. The quantitative estimate of drug-likeness (QED) is 0.809. The molecule has 1 N–H and O–H groups in total. The van der Waals surface area contributed by atoms with Gasteiger partial charge in [-0.1, -0.05) is 35.5 Å². The van der Waals surface area contributed by atoms with Crippen LogP contribution in [0.5, 0.6) is 0 Å². The van der Waals surface area contributed by atoms with Gasteiger partial charge in [-0.3, -0.25) is 4.99 Å². The zero-order chi connectivity index (χ0) is 13.9. The van der Waals surface area contributed by atoms with Crippen LogP contribution in [-0.4, -0.2) is 29.6 Å². The summed E-state index contributed by atoms with van der Waals surface area (Å²) in [7, 11) is 2.00. The van der Waals surface area contributed by atoms with E-state index in [2.05, 4.69) is 44.6 Å². The lowest BCUT2D eigenvalue weighted by atomic mass is 10.1. The Morgan fingerprint density at radius 2 is 2.10 bits per heavy atom. The van der Waals surface area contributed by atoms with Crippen LogP contribution >= 0.6 is 24.0 Å². The smallest absolute Gasteiger partial charge is 0.194 e. The van der Waals surface area contributed by atoms with Crippen LogP contribution in [0.15, 0.2) is 45.9 Å². The minimum absolute atomic E-state index is 0. The molecule has 0 amide bonds. The fraction of sp³-hybridized carbons (Fsp3) is 0.333. The van der Waals surface area contributed by atoms with E-state index in [1.54, 1.807) is 0 Å². The minimum atomic E-state index is 0. The van der Waals surface area contributed by atoms with Crippen LogP contribution < -0.4 is 5.32 Å². The first-order valence-corrected chi connectivity index (χ1v) is 6.71. The molecular weight excluding hydrogens is 379 g/mol. The van der Waals surface area contributed by atoms with Crippen molar-refractivity contribution >= 4 is 29.9 Å². The van der Waals surface area contributed by atoms with Gasteiger partial charge in [0.25, 0.3) is 0 Å². The molecule has 0 spiro atoms. The number of rotatable bonds is 3. The van der Waals surface area contributed by atoms with Crippen molar-refractivity contribution in [1.29, 1.82) is 0 Å². The molecule has 2 heterocycles. The van der Waals surface area contributed by atoms with E-state index in [0.717, 1.165) is 24.0 Å². The molecule has 1 aliphatic rings. The predicted molar refractivity (Wildman–Crippen MR) is 92.7 cm³/mol. The van der Waals surface area contributed by atoms with Crippen molar-refractivity contribution < 1.29 is 4.52 Å². The van der Waals surface area contributed by atoms with Crippen molar-refractivity contribution in [1.82, 2.24) is 15.4 Å². The summed E-state index contributed by atoms with van der Waals surface area (Å²) in [5, 5.41) is 7.46. The van der Waals surface area contributed by atoms with Gasteiger partial charge in [0.2, 0.25) is 0 Å². The number of benzene rings is 1. The molecule has 0 bridgehead atoms. The number of aryl methyl sites for hydroxylation is 1. The molecule has 1 aromatic heterocycles. The van der Waals surface area contributed by atoms with Gasteiger partial charge in [0.15, 0.2) is 5.96 Å². The Kier molecular flexibility index (Phi) is 5.22. The van der Waals surface area contributed by atoms with E-state index < -0.39 is 0 Å². The summed E-state index contributed by atoms with van der Waals surface area (Å²) in [6.07, 6.45) is 0. The highest BCUT2D eigenvalue weighted by atomic mass is 127. The van der Waals surface area contributed by atoms with Gasteiger partial charge in [0.05, 0.1) is 19.1 Å². The Hall–Kier alpha value is -1.57. The second kappa shape index (κ2) is 6.93. The summed E-state index contributed by atoms with van der Waals surface area (Å²) in [5.41, 5.74) is 2.18. The Morgan fingerprint density at radius 3 is 2.76 bits per heavy atom. The summed E-state index contributed by atoms with van der Waals surface area (Å²) >= 11 is 0. The molecular formula is C15H19IN4O. The van der Waals surface area contributed by atoms with Crippen LogP contribution in [0.3, 0.4) is 0 Å². The van der Waals surface area contributed by atoms with E-state index in [1.165, 1.54) is 5.56 Å². The number of halogens is 1. The van der Waals surface area contributed by atoms with Crippen molar-refractivity contribution in [2.45, 2.75) is 19.5 Å². The minimum Gasteiger partial charge on any atom is -0.361 e. The van der Waals surface area contributed by atoms with E-state index in [1.807, 2.05) is 26.1 Å². The van der Waals surface area contributed by atoms with Crippen LogP contribution in [0.2, 0.25) is 0 Å². The fourth-order valence-corrected chi connectivity index (χ4v) is 2.34. The van der Waals surface area contributed by atoms with Gasteiger partial charge in [-0.05, 0) is 12.5 Å². The Bertz CT molecular complexity index is 611. The summed E-state index contributed by atoms with van der Waals surface area (Å²) in [4.78, 5) is 6.63. The molecule has 112 valence electrons. The molecule has 1 aliphatic heterocycles. The van der Waals surface area contributed by atoms with E-state index >= 15 is 0 Å². The third kappa shape index (κ3) is 3.75. The molecule has 0 saturated carbocycles. The molecule has 1 atom stereocenters. The average Bonchev–Trinajstić information content (AvgIpc) is 3.09. The maximum atomic E-state index is 5.08. The van der Waals surface area contributed by atoms with Crippen molar-refractivity contribution in [3.05, 3.63) is 53.4 Å². The lowest BCUT2D eigenvalue weighted by Gasteiger charge is -2.20. The van der Waals surface area contributed by atoms with Gasteiger partial charge >= 0.3 is 0 Å². The van der Waals surface area contributed by atoms with E-state index in [-0.39, 0.29) is 30.0 Å². The second-order valence-corrected chi connectivity index (χ2v) is 5.06. The Labute approximate surface area is 141 Å². The maximum Gasteiger partial charge on any atom is 0.194 e. The van der Waals surface area contributed by atoms with Crippen LogP contribution in [0.4, 0.5) is 0 Å². The van der Waals surface area contributed by atoms with Crippen molar-refractivity contribution in [3.63, 3.8) is 0 Å². The molecule has 0 radical (unpaired) electrons. The van der Waals surface area contributed by atoms with Crippen molar-refractivity contribution in [2.75, 3.05) is 13.6 Å². The molecule has 6 heteroatoms. The highest BCUT2D eigenvalue weighted by molar-refractivity contribution is 14.0. The molecule has 21 heavy (non-hydrogen) atoms. The van der Waals surface area contributed by atoms with Crippen molar-refractivity contribution in [3.8, 4) is 0 Å². The largest absolute Gasteiger partial charge is 0.361 e. The molecule has 0 saturated heterocycles. The molecule has 1 unspecified atom stereocenters. The maximum absolute atomic E-state index is 5.08. The Morgan fingerprint density at radius 1 is 1.33 bits per heavy atom. The van der Waals surface area contributed by atoms with Crippen LogP contribution in [0.25, 0.3) is 0 Å². The van der Waals surface area contributed by atoms with Gasteiger partial charge in [0.1, 0.15) is 11.5 Å². The predicted octanol–water partition coefficient (Wildman–Crippen LogP) is 2.73. The normalized spacial score (nSPS) is 16.9. The first-order valence-electron chi connectivity index (χ1n) is 6.71. The SMILES string of the molecule is Cc1cc(CN(C)C2=NCC(c3ccccc3)N2)no1.I. The lowest BCUT2D eigenvalue weighted by molar-refractivity contribution is 0.376. The number of aliphatic imine (C=N–C) groups is 1. The van der Waals surface area contributed by atoms with Gasteiger partial charge < -0.3 is 14.7 Å². The zero-order valence-corrected chi connectivity index (χ0v) is 14.4. The third-order valence-electron chi connectivity index (χ3n) is 3.37. The zero-order valence-electron chi connectivity index (χ0n) is 12.1. The van der Waals surface area contributed by atoms with E-state index in [0.29, 0.717) is 6.54 Å². The molecule has 0 aliphatic carbocycles. The number of hydrogen-bond acceptors (Lipinski definition) is 5. The molecule has 5 nitrogen and oxygen atoms in total. The van der Waals surface area contributed by atoms with Gasteiger partial charge in [-0.2, -0.15) is 0 Å². The third-order valence-corrected chi connectivity index (χ3v) is 3.37. The summed E-state index contributed by atoms with van der Waals surface area (Å²) in [5.74, 6) is 1.73. The van der Waals surface area contributed by atoms with E-state index in [9.17, 15) is 0 Å².